The van der Waals surface area contributed by atoms with E-state index in [1.165, 1.54) is 14.7 Å². The van der Waals surface area contributed by atoms with Crippen molar-refractivity contribution >= 4 is 16.9 Å². The van der Waals surface area contributed by atoms with Crippen molar-refractivity contribution in [3.8, 4) is 16.8 Å². The van der Waals surface area contributed by atoms with E-state index in [-0.39, 0.29) is 23.0 Å². The molecule has 1 aliphatic rings. The van der Waals surface area contributed by atoms with Crippen LogP contribution in [0.5, 0.6) is 0 Å². The highest BCUT2D eigenvalue weighted by molar-refractivity contribution is 5.92. The fourth-order valence-corrected chi connectivity index (χ4v) is 6.54. The Morgan fingerprint density at radius 2 is 1.69 bits per heavy atom. The lowest BCUT2D eigenvalue weighted by molar-refractivity contribution is 0.0916. The molecule has 2 aromatic carbocycles. The Morgan fingerprint density at radius 1 is 0.959 bits per heavy atom. The first kappa shape index (κ1) is 33.9. The monoisotopic (exact) mass is 666 g/mol. The summed E-state index contributed by atoms with van der Waals surface area (Å²) in [5.74, 6) is -0.903. The molecule has 0 bridgehead atoms. The summed E-state index contributed by atoms with van der Waals surface area (Å²) in [6.45, 7) is 4.66. The van der Waals surface area contributed by atoms with Gasteiger partial charge in [-0.25, -0.2) is 18.7 Å². The van der Waals surface area contributed by atoms with E-state index in [4.69, 9.17) is 0 Å². The number of halogens is 1. The largest absolute Gasteiger partial charge is 0.348 e. The van der Waals surface area contributed by atoms with Gasteiger partial charge in [0.15, 0.2) is 5.65 Å². The summed E-state index contributed by atoms with van der Waals surface area (Å²) >= 11 is 0. The second-order valence-corrected chi connectivity index (χ2v) is 13.4. The number of amides is 1. The van der Waals surface area contributed by atoms with Crippen molar-refractivity contribution < 1.29 is 9.18 Å². The normalized spacial score (nSPS) is 16.5. The lowest BCUT2D eigenvalue weighted by Gasteiger charge is -2.30. The minimum atomic E-state index is -0.654. The van der Waals surface area contributed by atoms with Gasteiger partial charge in [-0.1, -0.05) is 36.4 Å². The first-order valence-corrected chi connectivity index (χ1v) is 16.7. The van der Waals surface area contributed by atoms with Gasteiger partial charge in [-0.3, -0.25) is 18.8 Å². The SMILES string of the molecule is Cc1cc(C(=O)NC2CCC(n3c(=O)c4cc(F)cnc4n(-c4cccc(-c5ccc(CN(C)CCN(C)C)cc5)c4)c3=O)CC2)nn1C. The molecule has 256 valence electrons. The third-order valence-corrected chi connectivity index (χ3v) is 9.41. The summed E-state index contributed by atoms with van der Waals surface area (Å²) in [5, 5.41) is 7.34. The highest BCUT2D eigenvalue weighted by atomic mass is 19.1. The molecule has 5 aromatic rings. The molecule has 12 heteroatoms. The molecule has 0 atom stereocenters. The van der Waals surface area contributed by atoms with Crippen molar-refractivity contribution in [2.45, 2.75) is 51.2 Å². The lowest BCUT2D eigenvalue weighted by atomic mass is 9.90. The molecule has 11 nitrogen and oxygen atoms in total. The van der Waals surface area contributed by atoms with Crippen LogP contribution in [0.4, 0.5) is 4.39 Å². The van der Waals surface area contributed by atoms with Gasteiger partial charge in [-0.15, -0.1) is 0 Å². The number of carbonyl (C=O) groups is 1. The molecule has 3 heterocycles. The summed E-state index contributed by atoms with van der Waals surface area (Å²) in [4.78, 5) is 49.5. The molecule has 1 amide bonds. The number of aryl methyl sites for hydroxylation is 2. The van der Waals surface area contributed by atoms with Crippen LogP contribution in [0.1, 0.15) is 53.5 Å². The molecule has 0 unspecified atom stereocenters. The molecular formula is C37H43FN8O3. The van der Waals surface area contributed by atoms with Crippen molar-refractivity contribution in [1.29, 1.82) is 0 Å². The summed E-state index contributed by atoms with van der Waals surface area (Å²) < 4.78 is 18.8. The van der Waals surface area contributed by atoms with E-state index in [1.54, 1.807) is 23.9 Å². The van der Waals surface area contributed by atoms with E-state index < -0.39 is 23.1 Å². The summed E-state index contributed by atoms with van der Waals surface area (Å²) in [5.41, 5.74) is 3.84. The van der Waals surface area contributed by atoms with Crippen LogP contribution in [0.25, 0.3) is 27.8 Å². The maximum absolute atomic E-state index is 14.5. The third-order valence-electron chi connectivity index (χ3n) is 9.41. The van der Waals surface area contributed by atoms with Gasteiger partial charge in [0.1, 0.15) is 11.5 Å². The molecule has 1 aliphatic carbocycles. The van der Waals surface area contributed by atoms with Gasteiger partial charge in [0.2, 0.25) is 0 Å². The Labute approximate surface area is 284 Å². The van der Waals surface area contributed by atoms with Crippen LogP contribution in [0.3, 0.4) is 0 Å². The van der Waals surface area contributed by atoms with Crippen LogP contribution >= 0.6 is 0 Å². The maximum atomic E-state index is 14.5. The fourth-order valence-electron chi connectivity index (χ4n) is 6.54. The second-order valence-electron chi connectivity index (χ2n) is 13.4. The quantitative estimate of drug-likeness (QED) is 0.237. The van der Waals surface area contributed by atoms with E-state index in [9.17, 15) is 18.8 Å². The van der Waals surface area contributed by atoms with Gasteiger partial charge >= 0.3 is 5.69 Å². The van der Waals surface area contributed by atoms with Crippen LogP contribution in [-0.2, 0) is 13.6 Å². The average Bonchev–Trinajstić information content (AvgIpc) is 3.43. The van der Waals surface area contributed by atoms with Gasteiger partial charge in [0.25, 0.3) is 11.5 Å². The Kier molecular flexibility index (Phi) is 9.89. The predicted octanol–water partition coefficient (Wildman–Crippen LogP) is 4.30. The van der Waals surface area contributed by atoms with Crippen molar-refractivity contribution in [2.24, 2.45) is 7.05 Å². The summed E-state index contributed by atoms with van der Waals surface area (Å²) in [7, 11) is 8.03. The lowest BCUT2D eigenvalue weighted by Crippen LogP contribution is -2.45. The Morgan fingerprint density at radius 3 is 2.37 bits per heavy atom. The number of pyridine rings is 1. The minimum Gasteiger partial charge on any atom is -0.348 e. The van der Waals surface area contributed by atoms with Crippen molar-refractivity contribution in [3.05, 3.63) is 110 Å². The number of nitrogens with one attached hydrogen (secondary N) is 1. The van der Waals surface area contributed by atoms with Gasteiger partial charge in [0.05, 0.1) is 17.3 Å². The topological polar surface area (TPSA) is 110 Å². The van der Waals surface area contributed by atoms with E-state index >= 15 is 0 Å². The van der Waals surface area contributed by atoms with Gasteiger partial charge in [-0.2, -0.15) is 5.10 Å². The highest BCUT2D eigenvalue weighted by Crippen LogP contribution is 2.28. The fraction of sp³-hybridized carbons (Fsp3) is 0.378. The molecule has 6 rings (SSSR count). The number of carbonyl (C=O) groups excluding carboxylic acids is 1. The van der Waals surface area contributed by atoms with Gasteiger partial charge in [-0.05, 0) is 94.7 Å². The molecule has 0 aliphatic heterocycles. The number of fused-ring (bicyclic) bond motifs is 1. The van der Waals surface area contributed by atoms with Crippen LogP contribution in [-0.4, -0.2) is 79.9 Å². The molecule has 1 saturated carbocycles. The highest BCUT2D eigenvalue weighted by Gasteiger charge is 2.28. The van der Waals surface area contributed by atoms with E-state index in [0.29, 0.717) is 37.1 Å². The number of benzene rings is 2. The average molecular weight is 667 g/mol. The first-order chi connectivity index (χ1) is 23.5. The minimum absolute atomic E-state index is 0.0358. The Bertz CT molecular complexity index is 2070. The van der Waals surface area contributed by atoms with Crippen LogP contribution in [0, 0.1) is 12.7 Å². The number of hydrogen-bond donors (Lipinski definition) is 1. The smallest absolute Gasteiger partial charge is 0.337 e. The molecule has 1 fully saturated rings. The van der Waals surface area contributed by atoms with E-state index in [0.717, 1.165) is 48.7 Å². The van der Waals surface area contributed by atoms with Crippen LogP contribution in [0.2, 0.25) is 0 Å². The number of nitrogens with zero attached hydrogens (tertiary/aromatic N) is 7. The number of likely N-dealkylation sites (N-methyl/N-ethyl adjacent to an activating group) is 2. The van der Waals surface area contributed by atoms with Crippen molar-refractivity contribution in [2.75, 3.05) is 34.2 Å². The zero-order valence-corrected chi connectivity index (χ0v) is 28.7. The molecule has 0 radical (unpaired) electrons. The molecule has 1 N–H and O–H groups in total. The second kappa shape index (κ2) is 14.3. The summed E-state index contributed by atoms with van der Waals surface area (Å²) in [6, 6.07) is 18.2. The van der Waals surface area contributed by atoms with Crippen molar-refractivity contribution in [1.82, 2.24) is 39.0 Å². The van der Waals surface area contributed by atoms with Crippen molar-refractivity contribution in [3.63, 3.8) is 0 Å². The maximum Gasteiger partial charge on any atom is 0.337 e. The van der Waals surface area contributed by atoms with Gasteiger partial charge in [0, 0.05) is 44.5 Å². The third kappa shape index (κ3) is 7.40. The number of hydrogen-bond acceptors (Lipinski definition) is 7. The van der Waals surface area contributed by atoms with E-state index in [1.807, 2.05) is 25.1 Å². The standard InChI is InChI=1S/C37H43FN8O3/c1-24-19-33(41-44(24)5)35(47)40-29-13-15-30(16-14-29)46-36(48)32-21-28(38)22-39-34(32)45(37(46)49)31-8-6-7-27(20-31)26-11-9-25(10-12-26)23-43(4)18-17-42(2)3/h6-12,19-22,29-30H,13-18,23H2,1-5H3,(H,40,47). The molecule has 0 spiro atoms. The van der Waals surface area contributed by atoms with Gasteiger partial charge < -0.3 is 15.1 Å². The molecular weight excluding hydrogens is 623 g/mol. The number of rotatable bonds is 10. The molecule has 49 heavy (non-hydrogen) atoms. The number of aromatic nitrogens is 5. The predicted molar refractivity (Wildman–Crippen MR) is 189 cm³/mol. The Hall–Kier alpha value is -4.94. The zero-order chi connectivity index (χ0) is 34.8. The van der Waals surface area contributed by atoms with Crippen LogP contribution in [0.15, 0.2) is 76.4 Å². The zero-order valence-electron chi connectivity index (χ0n) is 28.7. The first-order valence-electron chi connectivity index (χ1n) is 16.7. The van der Waals surface area contributed by atoms with E-state index in [2.05, 4.69) is 70.6 Å². The molecule has 0 saturated heterocycles. The van der Waals surface area contributed by atoms with Crippen LogP contribution < -0.4 is 16.6 Å². The summed E-state index contributed by atoms with van der Waals surface area (Å²) in [6.07, 6.45) is 3.16. The Balaban J connectivity index is 1.27. The molecule has 3 aromatic heterocycles.